The molecule has 7 nitrogen and oxygen atoms in total. The molecule has 1 aromatic heterocycles. The lowest BCUT2D eigenvalue weighted by Gasteiger charge is -2.22. The first-order valence-corrected chi connectivity index (χ1v) is 9.49. The molecule has 1 aliphatic rings. The summed E-state index contributed by atoms with van der Waals surface area (Å²) in [5.41, 5.74) is 9.47. The summed E-state index contributed by atoms with van der Waals surface area (Å²) in [4.78, 5) is 25.7. The largest absolute Gasteiger partial charge is 0.355 e. The van der Waals surface area contributed by atoms with E-state index < -0.39 is 0 Å². The molecular weight excluding hydrogens is 352 g/mol. The van der Waals surface area contributed by atoms with Crippen molar-refractivity contribution in [1.82, 2.24) is 14.9 Å². The number of hydrogen-bond donors (Lipinski definition) is 1. The number of nitrogens with zero attached hydrogens (tertiary/aromatic N) is 5. The maximum atomic E-state index is 12.9. The summed E-state index contributed by atoms with van der Waals surface area (Å²) < 4.78 is 0. The van der Waals surface area contributed by atoms with Crippen molar-refractivity contribution in [2.24, 2.45) is 5.73 Å². The molecule has 0 saturated carbocycles. The van der Waals surface area contributed by atoms with E-state index in [-0.39, 0.29) is 17.8 Å². The number of likely N-dealkylation sites (N-methyl/N-ethyl adjacent to an activating group) is 1. The summed E-state index contributed by atoms with van der Waals surface area (Å²) in [6, 6.07) is 9.71. The van der Waals surface area contributed by atoms with E-state index in [1.165, 1.54) is 0 Å². The zero-order chi connectivity index (χ0) is 20.3. The van der Waals surface area contributed by atoms with Crippen molar-refractivity contribution in [3.8, 4) is 6.07 Å². The van der Waals surface area contributed by atoms with Gasteiger partial charge >= 0.3 is 0 Å². The molecule has 3 rings (SSSR count). The molecule has 1 amide bonds. The predicted octanol–water partition coefficient (Wildman–Crippen LogP) is 1.82. The molecule has 146 valence electrons. The third kappa shape index (κ3) is 4.29. The molecule has 1 aromatic carbocycles. The lowest BCUT2D eigenvalue weighted by Crippen LogP contribution is -2.32. The molecule has 0 aliphatic carbocycles. The number of nitriles is 1. The predicted molar refractivity (Wildman–Crippen MR) is 108 cm³/mol. The number of benzene rings is 1. The van der Waals surface area contributed by atoms with Crippen LogP contribution in [0.1, 0.15) is 39.4 Å². The van der Waals surface area contributed by atoms with E-state index in [0.717, 1.165) is 42.1 Å². The molecule has 0 spiro atoms. The fraction of sp³-hybridized carbons (Fsp3) is 0.429. The van der Waals surface area contributed by atoms with Crippen molar-refractivity contribution in [3.05, 3.63) is 52.5 Å². The van der Waals surface area contributed by atoms with Gasteiger partial charge in [-0.25, -0.2) is 9.97 Å². The standard InChI is InChI=1S/C21H26N6O/c1-14-15(2)24-19(25-20(14)27-10-8-18(23)13-27)21(28)26(3)9-7-16-5-4-6-17(11-16)12-22/h4-6,11,18H,7-10,13,23H2,1-3H3/t18-/m1/s1. The quantitative estimate of drug-likeness (QED) is 0.852. The summed E-state index contributed by atoms with van der Waals surface area (Å²) in [6.45, 7) is 6.00. The maximum absolute atomic E-state index is 12.9. The molecule has 0 radical (unpaired) electrons. The topological polar surface area (TPSA) is 99.1 Å². The number of carbonyl (C=O) groups excluding carboxylic acids is 1. The number of nitrogens with two attached hydrogens (primary N) is 1. The molecule has 28 heavy (non-hydrogen) atoms. The van der Waals surface area contributed by atoms with Crippen LogP contribution in [0.4, 0.5) is 5.82 Å². The minimum absolute atomic E-state index is 0.140. The van der Waals surface area contributed by atoms with Gasteiger partial charge in [0.2, 0.25) is 5.82 Å². The highest BCUT2D eigenvalue weighted by molar-refractivity contribution is 5.90. The van der Waals surface area contributed by atoms with E-state index in [1.54, 1.807) is 18.0 Å². The summed E-state index contributed by atoms with van der Waals surface area (Å²) in [7, 11) is 1.75. The number of hydrogen-bond acceptors (Lipinski definition) is 6. The summed E-state index contributed by atoms with van der Waals surface area (Å²) in [6.07, 6.45) is 1.59. The number of amides is 1. The molecule has 1 saturated heterocycles. The van der Waals surface area contributed by atoms with Gasteiger partial charge in [0.15, 0.2) is 0 Å². The van der Waals surface area contributed by atoms with Crippen LogP contribution >= 0.6 is 0 Å². The average Bonchev–Trinajstić information content (AvgIpc) is 3.13. The zero-order valence-electron chi connectivity index (χ0n) is 16.6. The second-order valence-electron chi connectivity index (χ2n) is 7.36. The van der Waals surface area contributed by atoms with Gasteiger partial charge in [0.1, 0.15) is 5.82 Å². The Morgan fingerprint density at radius 2 is 2.18 bits per heavy atom. The van der Waals surface area contributed by atoms with Crippen LogP contribution in [0.2, 0.25) is 0 Å². The first kappa shape index (κ1) is 19.8. The molecule has 7 heteroatoms. The third-order valence-corrected chi connectivity index (χ3v) is 5.22. The van der Waals surface area contributed by atoms with Crippen molar-refractivity contribution in [2.45, 2.75) is 32.7 Å². The van der Waals surface area contributed by atoms with Crippen molar-refractivity contribution in [2.75, 3.05) is 31.6 Å². The van der Waals surface area contributed by atoms with Gasteiger partial charge in [0, 0.05) is 44.0 Å². The van der Waals surface area contributed by atoms with Crippen molar-refractivity contribution < 1.29 is 4.79 Å². The Morgan fingerprint density at radius 1 is 1.39 bits per heavy atom. The van der Waals surface area contributed by atoms with Gasteiger partial charge in [-0.1, -0.05) is 12.1 Å². The molecule has 0 unspecified atom stereocenters. The lowest BCUT2D eigenvalue weighted by molar-refractivity contribution is 0.0784. The first-order valence-electron chi connectivity index (χ1n) is 9.49. The van der Waals surface area contributed by atoms with Gasteiger partial charge in [-0.2, -0.15) is 5.26 Å². The molecule has 2 aromatic rings. The monoisotopic (exact) mass is 378 g/mol. The summed E-state index contributed by atoms with van der Waals surface area (Å²) in [5, 5.41) is 9.01. The lowest BCUT2D eigenvalue weighted by atomic mass is 10.1. The molecule has 1 atom stereocenters. The molecule has 1 fully saturated rings. The van der Waals surface area contributed by atoms with Crippen molar-refractivity contribution >= 4 is 11.7 Å². The summed E-state index contributed by atoms with van der Waals surface area (Å²) >= 11 is 0. The smallest absolute Gasteiger partial charge is 0.291 e. The minimum atomic E-state index is -0.204. The van der Waals surface area contributed by atoms with Crippen LogP contribution in [0.3, 0.4) is 0 Å². The van der Waals surface area contributed by atoms with Crippen molar-refractivity contribution in [3.63, 3.8) is 0 Å². The second-order valence-corrected chi connectivity index (χ2v) is 7.36. The Morgan fingerprint density at radius 3 is 2.86 bits per heavy atom. The number of aryl methyl sites for hydroxylation is 1. The van der Waals surface area contributed by atoms with E-state index in [4.69, 9.17) is 11.0 Å². The van der Waals surface area contributed by atoms with E-state index in [0.29, 0.717) is 18.5 Å². The van der Waals surface area contributed by atoms with Crippen LogP contribution in [0.5, 0.6) is 0 Å². The van der Waals surface area contributed by atoms with Crippen LogP contribution < -0.4 is 10.6 Å². The Bertz CT molecular complexity index is 920. The fourth-order valence-corrected chi connectivity index (χ4v) is 3.36. The fourth-order valence-electron chi connectivity index (χ4n) is 3.36. The van der Waals surface area contributed by atoms with Crippen molar-refractivity contribution in [1.29, 1.82) is 5.26 Å². The van der Waals surface area contributed by atoms with Crippen LogP contribution in [0.15, 0.2) is 24.3 Å². The molecular formula is C21H26N6O. The second kappa shape index (κ2) is 8.36. The molecule has 2 heterocycles. The normalized spacial score (nSPS) is 16.1. The van der Waals surface area contributed by atoms with Gasteiger partial charge in [0.05, 0.1) is 11.6 Å². The van der Waals surface area contributed by atoms with Gasteiger partial charge < -0.3 is 15.5 Å². The van der Waals surface area contributed by atoms with E-state index >= 15 is 0 Å². The third-order valence-electron chi connectivity index (χ3n) is 5.22. The number of rotatable bonds is 5. The van der Waals surface area contributed by atoms with Crippen LogP contribution in [-0.2, 0) is 6.42 Å². The highest BCUT2D eigenvalue weighted by atomic mass is 16.2. The van der Waals surface area contributed by atoms with E-state index in [9.17, 15) is 4.79 Å². The Hall–Kier alpha value is -2.98. The highest BCUT2D eigenvalue weighted by Crippen LogP contribution is 2.23. The molecule has 2 N–H and O–H groups in total. The number of anilines is 1. The minimum Gasteiger partial charge on any atom is -0.355 e. The molecule has 1 aliphatic heterocycles. The van der Waals surface area contributed by atoms with Crippen LogP contribution in [0.25, 0.3) is 0 Å². The van der Waals surface area contributed by atoms with Gasteiger partial charge in [0.25, 0.3) is 5.91 Å². The van der Waals surface area contributed by atoms with Crippen LogP contribution in [0, 0.1) is 25.2 Å². The first-order chi connectivity index (χ1) is 13.4. The average molecular weight is 378 g/mol. The Labute approximate surface area is 165 Å². The number of carbonyl (C=O) groups is 1. The molecule has 0 bridgehead atoms. The number of aromatic nitrogens is 2. The van der Waals surface area contributed by atoms with Gasteiger partial charge in [-0.3, -0.25) is 4.79 Å². The summed E-state index contributed by atoms with van der Waals surface area (Å²) in [5.74, 6) is 0.815. The highest BCUT2D eigenvalue weighted by Gasteiger charge is 2.25. The Balaban J connectivity index is 1.74. The maximum Gasteiger partial charge on any atom is 0.291 e. The van der Waals surface area contributed by atoms with Gasteiger partial charge in [-0.15, -0.1) is 0 Å². The van der Waals surface area contributed by atoms with Crippen LogP contribution in [-0.4, -0.2) is 53.5 Å². The van der Waals surface area contributed by atoms with Gasteiger partial charge in [-0.05, 0) is 44.4 Å². The Kier molecular flexibility index (Phi) is 5.90. The van der Waals surface area contributed by atoms with E-state index in [2.05, 4.69) is 20.9 Å². The zero-order valence-corrected chi connectivity index (χ0v) is 16.6. The SMILES string of the molecule is Cc1nc(C(=O)N(C)CCc2cccc(C#N)c2)nc(N2CC[C@@H](N)C2)c1C. The van der Waals surface area contributed by atoms with E-state index in [1.807, 2.05) is 32.0 Å².